The van der Waals surface area contributed by atoms with Gasteiger partial charge in [0, 0.05) is 0 Å². The zero-order valence-corrected chi connectivity index (χ0v) is 8.68. The van der Waals surface area contributed by atoms with Crippen LogP contribution in [0.4, 0.5) is 0 Å². The number of carbonyl (C=O) groups excluding carboxylic acids is 1. The minimum atomic E-state index is -0.521. The van der Waals surface area contributed by atoms with Gasteiger partial charge in [0.2, 0.25) is 0 Å². The van der Waals surface area contributed by atoms with Crippen molar-refractivity contribution in [1.82, 2.24) is 0 Å². The van der Waals surface area contributed by atoms with E-state index in [1.807, 2.05) is 6.92 Å². The van der Waals surface area contributed by atoms with Crippen molar-refractivity contribution in [3.05, 3.63) is 35.8 Å². The van der Waals surface area contributed by atoms with Gasteiger partial charge in [-0.15, -0.1) is 0 Å². The Balaban J connectivity index is 4.12. The van der Waals surface area contributed by atoms with Gasteiger partial charge in [0.25, 0.3) is 0 Å². The molecule has 0 aliphatic rings. The molecule has 0 aliphatic carbocycles. The molecule has 0 aromatic heterocycles. The largest absolute Gasteiger partial charge is 0.504 e. The quantitative estimate of drug-likeness (QED) is 0.356. The van der Waals surface area contributed by atoms with Crippen molar-refractivity contribution in [1.29, 1.82) is 0 Å². The zero-order chi connectivity index (χ0) is 11.7. The lowest BCUT2D eigenvalue weighted by Crippen LogP contribution is -1.97. The summed E-state index contributed by atoms with van der Waals surface area (Å²) in [7, 11) is 0. The third-order valence-electron chi connectivity index (χ3n) is 1.57. The molecule has 0 atom stereocenters. The number of aliphatic hydroxyl groups excluding tert-OH is 3. The molecule has 0 radical (unpaired) electrons. The fourth-order valence-electron chi connectivity index (χ4n) is 0.834. The van der Waals surface area contributed by atoms with Crippen LogP contribution in [0.15, 0.2) is 35.8 Å². The van der Waals surface area contributed by atoms with Gasteiger partial charge in [-0.05, 0) is 31.1 Å². The fraction of sp³-hybridized carbons (Fsp3) is 0.364. The van der Waals surface area contributed by atoms with E-state index in [1.165, 1.54) is 24.3 Å². The van der Waals surface area contributed by atoms with Crippen LogP contribution in [0.1, 0.15) is 19.8 Å². The normalized spacial score (nSPS) is 13.5. The van der Waals surface area contributed by atoms with E-state index >= 15 is 0 Å². The lowest BCUT2D eigenvalue weighted by atomic mass is 10.2. The molecule has 0 saturated carbocycles. The van der Waals surface area contributed by atoms with E-state index in [0.29, 0.717) is 12.8 Å². The molecule has 4 nitrogen and oxygen atoms in total. The molecule has 0 aliphatic heterocycles. The molecule has 4 heteroatoms. The van der Waals surface area contributed by atoms with E-state index in [2.05, 4.69) is 0 Å². The smallest absolute Gasteiger partial charge is 0.180 e. The van der Waals surface area contributed by atoms with Crippen LogP contribution < -0.4 is 0 Å². The summed E-state index contributed by atoms with van der Waals surface area (Å²) in [5.74, 6) is -0.770. The number of allylic oxidation sites excluding steroid dienone is 3. The average Bonchev–Trinajstić information content (AvgIpc) is 2.23. The fourth-order valence-corrected chi connectivity index (χ4v) is 0.834. The first kappa shape index (κ1) is 13.4. The third kappa shape index (κ3) is 6.51. The summed E-state index contributed by atoms with van der Waals surface area (Å²) in [4.78, 5) is 10.6. The minimum Gasteiger partial charge on any atom is -0.504 e. The summed E-state index contributed by atoms with van der Waals surface area (Å²) in [6, 6.07) is 0. The summed E-state index contributed by atoms with van der Waals surface area (Å²) in [5, 5.41) is 26.8. The van der Waals surface area contributed by atoms with Crippen LogP contribution in [0.3, 0.4) is 0 Å². The summed E-state index contributed by atoms with van der Waals surface area (Å²) in [5.41, 5.74) is 0. The Kier molecular flexibility index (Phi) is 7.01. The van der Waals surface area contributed by atoms with E-state index in [1.54, 1.807) is 0 Å². The van der Waals surface area contributed by atoms with E-state index < -0.39 is 12.4 Å². The van der Waals surface area contributed by atoms with Crippen molar-refractivity contribution in [3.8, 4) is 0 Å². The Morgan fingerprint density at radius 3 is 2.33 bits per heavy atom. The first-order valence-electron chi connectivity index (χ1n) is 4.70. The first-order chi connectivity index (χ1) is 7.11. The maximum atomic E-state index is 10.6. The van der Waals surface area contributed by atoms with Crippen LogP contribution in [0, 0.1) is 0 Å². The van der Waals surface area contributed by atoms with Gasteiger partial charge < -0.3 is 15.3 Å². The lowest BCUT2D eigenvalue weighted by Gasteiger charge is -1.96. The predicted molar refractivity (Wildman–Crippen MR) is 57.6 cm³/mol. The predicted octanol–water partition coefficient (Wildman–Crippen LogP) is 1.79. The highest BCUT2D eigenvalue weighted by atomic mass is 16.3. The SMILES string of the molecule is CC/C=C(O)\C(O)=C/C/C=C/C(=O)CO. The molecule has 0 unspecified atom stereocenters. The van der Waals surface area contributed by atoms with E-state index in [0.717, 1.165) is 0 Å². The summed E-state index contributed by atoms with van der Waals surface area (Å²) in [6.45, 7) is 1.32. The zero-order valence-electron chi connectivity index (χ0n) is 8.68. The first-order valence-corrected chi connectivity index (χ1v) is 4.70. The van der Waals surface area contributed by atoms with E-state index in [-0.39, 0.29) is 11.5 Å². The average molecular weight is 212 g/mol. The standard InChI is InChI=1S/C11H16O4/c1-2-5-10(14)11(15)7-4-3-6-9(13)8-12/h3,5-7,12,14-15H,2,4,8H2,1H3/b6-3+,10-5+,11-7+. The Morgan fingerprint density at radius 2 is 1.80 bits per heavy atom. The Bertz CT molecular complexity index is 287. The monoisotopic (exact) mass is 212 g/mol. The summed E-state index contributed by atoms with van der Waals surface area (Å²) >= 11 is 0. The third-order valence-corrected chi connectivity index (χ3v) is 1.57. The van der Waals surface area contributed by atoms with Gasteiger partial charge in [0.15, 0.2) is 17.3 Å². The molecule has 0 fully saturated rings. The van der Waals surface area contributed by atoms with Crippen molar-refractivity contribution in [2.45, 2.75) is 19.8 Å². The number of hydrogen-bond acceptors (Lipinski definition) is 4. The number of hydrogen-bond donors (Lipinski definition) is 3. The molecule has 0 rings (SSSR count). The molecule has 0 heterocycles. The molecule has 0 amide bonds. The Hall–Kier alpha value is -1.55. The molecule has 3 N–H and O–H groups in total. The van der Waals surface area contributed by atoms with E-state index in [4.69, 9.17) is 5.11 Å². The van der Waals surface area contributed by atoms with Crippen LogP contribution in [0.25, 0.3) is 0 Å². The topological polar surface area (TPSA) is 77.8 Å². The van der Waals surface area contributed by atoms with Gasteiger partial charge in [-0.2, -0.15) is 0 Å². The van der Waals surface area contributed by atoms with Crippen molar-refractivity contribution in [3.63, 3.8) is 0 Å². The van der Waals surface area contributed by atoms with Gasteiger partial charge in [0.05, 0.1) is 0 Å². The Morgan fingerprint density at radius 1 is 1.20 bits per heavy atom. The highest BCUT2D eigenvalue weighted by molar-refractivity contribution is 5.90. The van der Waals surface area contributed by atoms with Crippen molar-refractivity contribution in [2.24, 2.45) is 0 Å². The van der Waals surface area contributed by atoms with Crippen LogP contribution in [-0.2, 0) is 4.79 Å². The van der Waals surface area contributed by atoms with Crippen molar-refractivity contribution in [2.75, 3.05) is 6.61 Å². The maximum Gasteiger partial charge on any atom is 0.180 e. The molecule has 0 aromatic carbocycles. The Labute approximate surface area is 88.9 Å². The minimum absolute atomic E-state index is 0.167. The molecule has 0 aromatic rings. The summed E-state index contributed by atoms with van der Waals surface area (Å²) in [6.07, 6.45) is 6.52. The highest BCUT2D eigenvalue weighted by Crippen LogP contribution is 2.04. The van der Waals surface area contributed by atoms with Gasteiger partial charge >= 0.3 is 0 Å². The summed E-state index contributed by atoms with van der Waals surface area (Å²) < 4.78 is 0. The van der Waals surface area contributed by atoms with Crippen molar-refractivity contribution < 1.29 is 20.1 Å². The number of ketones is 1. The molecule has 84 valence electrons. The van der Waals surface area contributed by atoms with E-state index in [9.17, 15) is 15.0 Å². The van der Waals surface area contributed by atoms with Crippen LogP contribution in [-0.4, -0.2) is 27.7 Å². The van der Waals surface area contributed by atoms with Crippen LogP contribution >= 0.6 is 0 Å². The number of carbonyl (C=O) groups is 1. The van der Waals surface area contributed by atoms with Gasteiger partial charge in [-0.1, -0.05) is 13.0 Å². The molecular formula is C11H16O4. The van der Waals surface area contributed by atoms with Gasteiger partial charge in [-0.3, -0.25) is 4.79 Å². The number of aliphatic hydroxyl groups is 3. The molecule has 0 saturated heterocycles. The van der Waals surface area contributed by atoms with Gasteiger partial charge in [0.1, 0.15) is 6.61 Å². The van der Waals surface area contributed by atoms with Crippen LogP contribution in [0.5, 0.6) is 0 Å². The molecule has 15 heavy (non-hydrogen) atoms. The number of rotatable bonds is 6. The second-order valence-corrected chi connectivity index (χ2v) is 2.85. The molecule has 0 bridgehead atoms. The highest BCUT2D eigenvalue weighted by Gasteiger charge is 1.96. The lowest BCUT2D eigenvalue weighted by molar-refractivity contribution is -0.117. The molecular weight excluding hydrogens is 196 g/mol. The second kappa shape index (κ2) is 7.82. The van der Waals surface area contributed by atoms with Crippen LogP contribution in [0.2, 0.25) is 0 Å². The van der Waals surface area contributed by atoms with Gasteiger partial charge in [-0.25, -0.2) is 0 Å². The second-order valence-electron chi connectivity index (χ2n) is 2.85. The maximum absolute atomic E-state index is 10.6. The van der Waals surface area contributed by atoms with Crippen molar-refractivity contribution >= 4 is 5.78 Å². The molecule has 0 spiro atoms.